The zero-order valence-electron chi connectivity index (χ0n) is 5.15. The van der Waals surface area contributed by atoms with Crippen molar-refractivity contribution in [1.82, 2.24) is 20.2 Å². The molecule has 0 aliphatic rings. The van der Waals surface area contributed by atoms with Crippen molar-refractivity contribution in [3.05, 3.63) is 5.82 Å². The Morgan fingerprint density at radius 3 is 2.89 bits per heavy atom. The van der Waals surface area contributed by atoms with Crippen molar-refractivity contribution in [2.45, 2.75) is 6.42 Å². The van der Waals surface area contributed by atoms with Crippen LogP contribution in [-0.4, -0.2) is 31.9 Å². The highest BCUT2D eigenvalue weighted by atomic mass is 16.3. The summed E-state index contributed by atoms with van der Waals surface area (Å²) in [4.78, 5) is 1.37. The van der Waals surface area contributed by atoms with Crippen LogP contribution in [0.4, 0.5) is 0 Å². The standard InChI is InChI=1S/C4H8N4O/c1-8-6-4(2-3-9)5-7-8/h9H,2-3H2,1H3. The van der Waals surface area contributed by atoms with Gasteiger partial charge in [0.25, 0.3) is 0 Å². The molecule has 1 aromatic heterocycles. The number of aryl methyl sites for hydroxylation is 1. The van der Waals surface area contributed by atoms with Gasteiger partial charge in [-0.3, -0.25) is 0 Å². The van der Waals surface area contributed by atoms with E-state index in [1.54, 1.807) is 7.05 Å². The summed E-state index contributed by atoms with van der Waals surface area (Å²) >= 11 is 0. The third-order valence-electron chi connectivity index (χ3n) is 0.885. The summed E-state index contributed by atoms with van der Waals surface area (Å²) in [6.45, 7) is 0.0751. The molecule has 5 nitrogen and oxygen atoms in total. The molecule has 1 N–H and O–H groups in total. The fourth-order valence-corrected chi connectivity index (χ4v) is 0.523. The van der Waals surface area contributed by atoms with Crippen LogP contribution >= 0.6 is 0 Å². The van der Waals surface area contributed by atoms with Gasteiger partial charge in [-0.05, 0) is 5.21 Å². The predicted octanol–water partition coefficient (Wildman–Crippen LogP) is -1.26. The minimum atomic E-state index is 0.0751. The SMILES string of the molecule is Cn1nnc(CCO)n1. The highest BCUT2D eigenvalue weighted by Gasteiger charge is 1.95. The summed E-state index contributed by atoms with van der Waals surface area (Å²) in [5, 5.41) is 19.5. The van der Waals surface area contributed by atoms with Gasteiger partial charge in [-0.25, -0.2) is 0 Å². The molecule has 0 unspecified atom stereocenters. The van der Waals surface area contributed by atoms with Crippen molar-refractivity contribution in [1.29, 1.82) is 0 Å². The van der Waals surface area contributed by atoms with E-state index in [1.165, 1.54) is 4.80 Å². The molecule has 50 valence electrons. The van der Waals surface area contributed by atoms with Crippen molar-refractivity contribution < 1.29 is 5.11 Å². The van der Waals surface area contributed by atoms with E-state index in [2.05, 4.69) is 15.4 Å². The second-order valence-electron chi connectivity index (χ2n) is 1.67. The molecule has 1 heterocycles. The molecular formula is C4H8N4O. The second kappa shape index (κ2) is 2.54. The van der Waals surface area contributed by atoms with Crippen LogP contribution in [0.3, 0.4) is 0 Å². The Balaban J connectivity index is 2.61. The molecule has 1 rings (SSSR count). The van der Waals surface area contributed by atoms with Crippen molar-refractivity contribution in [3.8, 4) is 0 Å². The average molecular weight is 128 g/mol. The van der Waals surface area contributed by atoms with Crippen molar-refractivity contribution in [2.24, 2.45) is 7.05 Å². The quantitative estimate of drug-likeness (QED) is 0.540. The highest BCUT2D eigenvalue weighted by Crippen LogP contribution is 1.83. The Hall–Kier alpha value is -0.970. The monoisotopic (exact) mass is 128 g/mol. The number of tetrazole rings is 1. The normalized spacial score (nSPS) is 10.0. The summed E-state index contributed by atoms with van der Waals surface area (Å²) < 4.78 is 0. The zero-order valence-corrected chi connectivity index (χ0v) is 5.15. The van der Waals surface area contributed by atoms with E-state index in [0.717, 1.165) is 0 Å². The van der Waals surface area contributed by atoms with E-state index in [4.69, 9.17) is 5.11 Å². The van der Waals surface area contributed by atoms with Crippen LogP contribution in [-0.2, 0) is 13.5 Å². The van der Waals surface area contributed by atoms with Crippen LogP contribution in [0.5, 0.6) is 0 Å². The summed E-state index contributed by atoms with van der Waals surface area (Å²) in [5.74, 6) is 0.583. The lowest BCUT2D eigenvalue weighted by Crippen LogP contribution is -1.95. The minimum absolute atomic E-state index is 0.0751. The molecule has 0 spiro atoms. The highest BCUT2D eigenvalue weighted by molar-refractivity contribution is 4.75. The van der Waals surface area contributed by atoms with Gasteiger partial charge >= 0.3 is 0 Å². The molecule has 0 fully saturated rings. The van der Waals surface area contributed by atoms with E-state index in [1.807, 2.05) is 0 Å². The van der Waals surface area contributed by atoms with Crippen molar-refractivity contribution >= 4 is 0 Å². The molecule has 1 aromatic rings. The van der Waals surface area contributed by atoms with Gasteiger partial charge < -0.3 is 5.11 Å². The molecule has 0 amide bonds. The lowest BCUT2D eigenvalue weighted by Gasteiger charge is -1.82. The van der Waals surface area contributed by atoms with Gasteiger partial charge in [-0.1, -0.05) is 0 Å². The fourth-order valence-electron chi connectivity index (χ4n) is 0.523. The Kier molecular flexibility index (Phi) is 1.74. The summed E-state index contributed by atoms with van der Waals surface area (Å²) in [7, 11) is 1.69. The van der Waals surface area contributed by atoms with Crippen molar-refractivity contribution in [3.63, 3.8) is 0 Å². The van der Waals surface area contributed by atoms with Crippen LogP contribution < -0.4 is 0 Å². The largest absolute Gasteiger partial charge is 0.396 e. The summed E-state index contributed by atoms with van der Waals surface area (Å²) in [6.07, 6.45) is 0.480. The first-order chi connectivity index (χ1) is 4.33. The maximum absolute atomic E-state index is 8.41. The van der Waals surface area contributed by atoms with Gasteiger partial charge in [-0.15, -0.1) is 10.2 Å². The maximum atomic E-state index is 8.41. The Morgan fingerprint density at radius 1 is 1.67 bits per heavy atom. The average Bonchev–Trinajstić information content (AvgIpc) is 2.17. The van der Waals surface area contributed by atoms with Gasteiger partial charge in [0, 0.05) is 6.42 Å². The number of rotatable bonds is 2. The number of hydrogen-bond acceptors (Lipinski definition) is 4. The molecule has 0 radical (unpaired) electrons. The molecule has 0 saturated carbocycles. The molecule has 0 saturated heterocycles. The first-order valence-corrected chi connectivity index (χ1v) is 2.66. The number of aliphatic hydroxyl groups is 1. The third kappa shape index (κ3) is 1.46. The van der Waals surface area contributed by atoms with Crippen molar-refractivity contribution in [2.75, 3.05) is 6.61 Å². The van der Waals surface area contributed by atoms with Crippen LogP contribution in [0.1, 0.15) is 5.82 Å². The molecule has 0 aliphatic carbocycles. The first-order valence-electron chi connectivity index (χ1n) is 2.66. The summed E-state index contributed by atoms with van der Waals surface area (Å²) in [6, 6.07) is 0. The number of aliphatic hydroxyl groups excluding tert-OH is 1. The number of hydrogen-bond donors (Lipinski definition) is 1. The molecule has 9 heavy (non-hydrogen) atoms. The lowest BCUT2D eigenvalue weighted by atomic mass is 10.4. The smallest absolute Gasteiger partial charge is 0.177 e. The lowest BCUT2D eigenvalue weighted by molar-refractivity contribution is 0.296. The Morgan fingerprint density at radius 2 is 2.44 bits per heavy atom. The van der Waals surface area contributed by atoms with E-state index in [9.17, 15) is 0 Å². The molecule has 0 atom stereocenters. The van der Waals surface area contributed by atoms with E-state index in [0.29, 0.717) is 12.2 Å². The molecular weight excluding hydrogens is 120 g/mol. The Labute approximate surface area is 52.3 Å². The number of aromatic nitrogens is 4. The molecule has 5 heteroatoms. The molecule has 0 bridgehead atoms. The molecule has 0 aliphatic heterocycles. The van der Waals surface area contributed by atoms with E-state index < -0.39 is 0 Å². The van der Waals surface area contributed by atoms with Gasteiger partial charge in [-0.2, -0.15) is 4.80 Å². The van der Waals surface area contributed by atoms with Gasteiger partial charge in [0.1, 0.15) is 0 Å². The van der Waals surface area contributed by atoms with E-state index >= 15 is 0 Å². The van der Waals surface area contributed by atoms with Crippen LogP contribution in [0.25, 0.3) is 0 Å². The topological polar surface area (TPSA) is 63.8 Å². The van der Waals surface area contributed by atoms with Crippen LogP contribution in [0.15, 0.2) is 0 Å². The van der Waals surface area contributed by atoms with Crippen LogP contribution in [0, 0.1) is 0 Å². The minimum Gasteiger partial charge on any atom is -0.396 e. The Bertz CT molecular complexity index is 184. The van der Waals surface area contributed by atoms with Gasteiger partial charge in [0.15, 0.2) is 5.82 Å². The van der Waals surface area contributed by atoms with Gasteiger partial charge in [0.2, 0.25) is 0 Å². The van der Waals surface area contributed by atoms with E-state index in [-0.39, 0.29) is 6.61 Å². The predicted molar refractivity (Wildman–Crippen MR) is 29.6 cm³/mol. The maximum Gasteiger partial charge on any atom is 0.177 e. The number of nitrogens with zero attached hydrogens (tertiary/aromatic N) is 4. The summed E-state index contributed by atoms with van der Waals surface area (Å²) in [5.41, 5.74) is 0. The van der Waals surface area contributed by atoms with Gasteiger partial charge in [0.05, 0.1) is 13.7 Å². The zero-order chi connectivity index (χ0) is 6.69. The van der Waals surface area contributed by atoms with Crippen LogP contribution in [0.2, 0.25) is 0 Å². The fraction of sp³-hybridized carbons (Fsp3) is 0.750. The molecule has 0 aromatic carbocycles. The third-order valence-corrected chi connectivity index (χ3v) is 0.885. The first kappa shape index (κ1) is 6.15. The second-order valence-corrected chi connectivity index (χ2v) is 1.67.